The second kappa shape index (κ2) is 34.0. The van der Waals surface area contributed by atoms with Crippen LogP contribution in [0.3, 0.4) is 0 Å². The Morgan fingerprint density at radius 2 is 0.456 bits per heavy atom. The molecular formula is C144H131BN4. The van der Waals surface area contributed by atoms with Crippen molar-refractivity contribution in [2.24, 2.45) is 0 Å². The average Bonchev–Trinajstić information content (AvgIpc) is 1.61. The lowest BCUT2D eigenvalue weighted by molar-refractivity contribution is 0.589. The average molecular weight is 1930 g/mol. The second-order valence-electron chi connectivity index (χ2n) is 50.0. The number of aromatic nitrogens is 2. The zero-order valence-corrected chi connectivity index (χ0v) is 90.1. The maximum absolute atomic E-state index is 2.83. The third-order valence-electron chi connectivity index (χ3n) is 33.6. The third-order valence-corrected chi connectivity index (χ3v) is 33.6. The van der Waals surface area contributed by atoms with Crippen LogP contribution in [-0.4, -0.2) is 15.8 Å². The Balaban J connectivity index is 0.853. The quantitative estimate of drug-likeness (QED) is 0.113. The van der Waals surface area contributed by atoms with E-state index in [4.69, 9.17) is 0 Å². The van der Waals surface area contributed by atoms with Crippen molar-refractivity contribution in [2.75, 3.05) is 9.80 Å². The number of benzene rings is 19. The fourth-order valence-electron chi connectivity index (χ4n) is 25.6. The minimum atomic E-state index is -0.665. The molecule has 0 N–H and O–H groups in total. The molecule has 0 radical (unpaired) electrons. The smallest absolute Gasteiger partial charge is 0.252 e. The van der Waals surface area contributed by atoms with Crippen LogP contribution in [0.1, 0.15) is 229 Å². The van der Waals surface area contributed by atoms with E-state index in [2.05, 4.69) is 577 Å². The van der Waals surface area contributed by atoms with Crippen molar-refractivity contribution in [1.82, 2.24) is 9.13 Å². The monoisotopic (exact) mass is 1930 g/mol. The molecule has 0 spiro atoms. The van der Waals surface area contributed by atoms with Gasteiger partial charge < -0.3 is 18.9 Å². The molecule has 0 atom stereocenters. The first-order chi connectivity index (χ1) is 71.3. The van der Waals surface area contributed by atoms with Gasteiger partial charge in [-0.3, -0.25) is 0 Å². The van der Waals surface area contributed by atoms with E-state index in [1.807, 2.05) is 0 Å². The van der Waals surface area contributed by atoms with Gasteiger partial charge in [-0.05, 0) is 279 Å². The van der Waals surface area contributed by atoms with Crippen LogP contribution in [0.4, 0.5) is 34.1 Å². The van der Waals surface area contributed by atoms with Crippen LogP contribution in [0.5, 0.6) is 0 Å². The summed E-state index contributed by atoms with van der Waals surface area (Å²) in [5, 5.41) is 4.81. The molecule has 730 valence electrons. The van der Waals surface area contributed by atoms with Gasteiger partial charge in [0.1, 0.15) is 0 Å². The first kappa shape index (κ1) is 94.4. The normalized spacial score (nSPS) is 14.1. The van der Waals surface area contributed by atoms with E-state index in [1.165, 1.54) is 144 Å². The van der Waals surface area contributed by atoms with Crippen molar-refractivity contribution < 1.29 is 0 Å². The topological polar surface area (TPSA) is 16.3 Å². The summed E-state index contributed by atoms with van der Waals surface area (Å²) in [7, 11) is 0. The van der Waals surface area contributed by atoms with Crippen molar-refractivity contribution in [3.8, 4) is 78.1 Å². The minimum absolute atomic E-state index is 0.115. The van der Waals surface area contributed by atoms with Crippen molar-refractivity contribution in [1.29, 1.82) is 0 Å². The number of rotatable bonds is 12. The molecule has 0 saturated carbocycles. The molecule has 19 aromatic carbocycles. The lowest BCUT2D eigenvalue weighted by atomic mass is 9.33. The van der Waals surface area contributed by atoms with Gasteiger partial charge in [0, 0.05) is 77.9 Å². The number of hydrogen-bond donors (Lipinski definition) is 0. The highest BCUT2D eigenvalue weighted by molar-refractivity contribution is 7.00. The van der Waals surface area contributed by atoms with E-state index in [9.17, 15) is 0 Å². The maximum Gasteiger partial charge on any atom is 0.252 e. The van der Waals surface area contributed by atoms with Crippen LogP contribution in [0.15, 0.2) is 413 Å². The molecule has 149 heavy (non-hydrogen) atoms. The first-order valence-corrected chi connectivity index (χ1v) is 53.8. The summed E-state index contributed by atoms with van der Waals surface area (Å²) in [4.78, 5) is 5.65. The van der Waals surface area contributed by atoms with Crippen LogP contribution in [0.2, 0.25) is 0 Å². The van der Waals surface area contributed by atoms with Gasteiger partial charge in [-0.1, -0.05) is 461 Å². The number of anilines is 6. The van der Waals surface area contributed by atoms with Crippen molar-refractivity contribution in [3.05, 3.63) is 496 Å². The van der Waals surface area contributed by atoms with E-state index in [0.717, 1.165) is 112 Å². The van der Waals surface area contributed by atoms with Gasteiger partial charge >= 0.3 is 0 Å². The Kier molecular flexibility index (Phi) is 21.5. The molecule has 2 aromatic heterocycles. The van der Waals surface area contributed by atoms with Gasteiger partial charge in [0.25, 0.3) is 6.71 Å². The van der Waals surface area contributed by atoms with E-state index in [-0.39, 0.29) is 39.2 Å². The summed E-state index contributed by atoms with van der Waals surface area (Å²) in [6.07, 6.45) is 0. The summed E-state index contributed by atoms with van der Waals surface area (Å²) in [6.45, 7) is 49.5. The molecule has 25 rings (SSSR count). The van der Waals surface area contributed by atoms with Crippen LogP contribution in [-0.2, 0) is 48.7 Å². The zero-order valence-electron chi connectivity index (χ0n) is 90.1. The lowest BCUT2D eigenvalue weighted by Crippen LogP contribution is -2.61. The van der Waals surface area contributed by atoms with Crippen molar-refractivity contribution >= 4 is 101 Å². The van der Waals surface area contributed by atoms with Crippen LogP contribution >= 0.6 is 0 Å². The van der Waals surface area contributed by atoms with Crippen molar-refractivity contribution in [3.63, 3.8) is 0 Å². The summed E-state index contributed by atoms with van der Waals surface area (Å²) in [5.74, 6) is 0. The predicted molar refractivity (Wildman–Crippen MR) is 636 cm³/mol. The molecule has 4 nitrogen and oxygen atoms in total. The molecule has 0 bridgehead atoms. The van der Waals surface area contributed by atoms with Gasteiger partial charge in [0.15, 0.2) is 0 Å². The first-order valence-electron chi connectivity index (χ1n) is 53.8. The lowest BCUT2D eigenvalue weighted by Gasteiger charge is -2.47. The molecule has 0 fully saturated rings. The minimum Gasteiger partial charge on any atom is -0.310 e. The Morgan fingerprint density at radius 1 is 0.188 bits per heavy atom. The Labute approximate surface area is 881 Å². The summed E-state index contributed by atoms with van der Waals surface area (Å²) < 4.78 is 5.28. The van der Waals surface area contributed by atoms with E-state index < -0.39 is 16.2 Å². The van der Waals surface area contributed by atoms with E-state index in [1.54, 1.807) is 0 Å². The third kappa shape index (κ3) is 14.9. The van der Waals surface area contributed by atoms with E-state index >= 15 is 0 Å². The van der Waals surface area contributed by atoms with Gasteiger partial charge in [0.05, 0.1) is 44.3 Å². The van der Waals surface area contributed by atoms with Crippen molar-refractivity contribution in [2.45, 2.75) is 194 Å². The zero-order chi connectivity index (χ0) is 103. The highest BCUT2D eigenvalue weighted by atomic mass is 15.2. The number of hydrogen-bond acceptors (Lipinski definition) is 2. The van der Waals surface area contributed by atoms with Gasteiger partial charge in [0.2, 0.25) is 0 Å². The Bertz CT molecular complexity index is 8220. The molecule has 5 heteroatoms. The molecule has 0 amide bonds. The number of nitrogens with zero attached hydrogens (tertiary/aromatic N) is 4. The Morgan fingerprint density at radius 3 is 0.752 bits per heavy atom. The van der Waals surface area contributed by atoms with Crippen LogP contribution < -0.4 is 26.2 Å². The van der Waals surface area contributed by atoms with Gasteiger partial charge in [-0.2, -0.15) is 0 Å². The predicted octanol–water partition coefficient (Wildman–Crippen LogP) is 36.4. The fourth-order valence-corrected chi connectivity index (χ4v) is 25.6. The highest BCUT2D eigenvalue weighted by Crippen LogP contribution is 2.63. The van der Waals surface area contributed by atoms with Crippen LogP contribution in [0, 0.1) is 0 Å². The largest absolute Gasteiger partial charge is 0.310 e. The van der Waals surface area contributed by atoms with E-state index in [0.29, 0.717) is 0 Å². The fraction of sp³-hybridized carbons (Fsp3) is 0.208. The highest BCUT2D eigenvalue weighted by Gasteiger charge is 2.52. The molecule has 21 aromatic rings. The SMILES string of the molecule is CC(C)(C)c1ccc(-c2cc(C(C)(C)C)cc(-c3ccc(C(C)(C)C)cc3)c2N2c3cc(-n4c5ccccc5c5cc6c(cc54)C(c4ccccc4)(c4ccccc4)c4ccccc4-6)ccc3B3c4ccc(-n5c6ccccc6c6cc7c(cc65)C(c5ccccc5)(c5ccccc5)c5ccccc5-7)cc4N(c4c(-c5ccc(C(C)(C)C)cc5)cc(C(C)(C)C)cc4-c4ccc(C(C)(C)C)cc4)c4cc(C(C)(C)C)cc2c43)cc1. The van der Waals surface area contributed by atoms with Crippen LogP contribution in [0.25, 0.3) is 122 Å². The summed E-state index contributed by atoms with van der Waals surface area (Å²) >= 11 is 0. The molecule has 0 unspecified atom stereocenters. The maximum atomic E-state index is 2.83. The molecular weight excluding hydrogens is 1800 g/mol. The number of para-hydroxylation sites is 2. The number of fused-ring (bicyclic) bond motifs is 16. The molecule has 2 aliphatic carbocycles. The summed E-state index contributed by atoms with van der Waals surface area (Å²) in [5.41, 5.74) is 47.4. The molecule has 4 aliphatic rings. The summed E-state index contributed by atoms with van der Waals surface area (Å²) in [6, 6.07) is 163. The molecule has 2 aliphatic heterocycles. The van der Waals surface area contributed by atoms with Gasteiger partial charge in [-0.15, -0.1) is 0 Å². The van der Waals surface area contributed by atoms with Gasteiger partial charge in [-0.25, -0.2) is 0 Å². The second-order valence-corrected chi connectivity index (χ2v) is 50.0. The standard InChI is InChI=1S/C144H131BN4/c1-136(2,3)94-66-58-90(59-67-94)111-78-102(140(13,14)15)79-112(91-60-68-95(69-61-91)137(4,5)6)134(111)148-129-84-105(146-125-56-40-36-52-109(125)117-86-115-107-50-34-38-54-119(107)143(121(115)88-127(117)146,98-42-26-22-27-43-98)99-44-28-23-29-45-99)74-76-123(129)145-124-77-75-106(147-126-57-41-37-53-110(126)118-87-116-108-51-35-39-55-120(108)144(122(116)89-128(118)147,100-46-30-24-31-47-100)101-48-32-25-33-49-101)85-130(124)149(132-83-104(142(19,20)21)82-131(148)133(132)145)135-113(92-62-70-96(71-63-92)138(7,8)9)80-103(141(16,17)18)81-114(135)93-64-72-97(73-65-93)139(10,11)12/h22-89H,1-21H3. The Hall–Kier alpha value is -15.6. The molecule has 4 heterocycles. The molecule has 0 saturated heterocycles.